The van der Waals surface area contributed by atoms with Gasteiger partial charge >= 0.3 is 0 Å². The van der Waals surface area contributed by atoms with Gasteiger partial charge in [0, 0.05) is 27.5 Å². The zero-order valence-corrected chi connectivity index (χ0v) is 30.8. The van der Waals surface area contributed by atoms with Crippen LogP contribution in [0.1, 0.15) is 0 Å². The summed E-state index contributed by atoms with van der Waals surface area (Å²) in [4.78, 5) is 15.4. The summed E-state index contributed by atoms with van der Waals surface area (Å²) in [6, 6.07) is 70.0. The lowest BCUT2D eigenvalue weighted by molar-refractivity contribution is 0.669. The number of fused-ring (bicyclic) bond motifs is 6. The van der Waals surface area contributed by atoms with Crippen molar-refractivity contribution < 1.29 is 4.42 Å². The Morgan fingerprint density at radius 3 is 1.67 bits per heavy atom. The summed E-state index contributed by atoms with van der Waals surface area (Å²) in [6.45, 7) is 0. The molecule has 4 heteroatoms. The Hall–Kier alpha value is -7.69. The van der Waals surface area contributed by atoms with Crippen LogP contribution >= 0.6 is 0 Å². The summed E-state index contributed by atoms with van der Waals surface area (Å²) in [6.07, 6.45) is 0. The van der Waals surface area contributed by atoms with Crippen LogP contribution in [0.5, 0.6) is 0 Å². The molecule has 4 nitrogen and oxygen atoms in total. The van der Waals surface area contributed by atoms with Crippen LogP contribution < -0.4 is 0 Å². The van der Waals surface area contributed by atoms with Gasteiger partial charge < -0.3 is 4.42 Å². The quantitative estimate of drug-likeness (QED) is 0.160. The highest BCUT2D eigenvalue weighted by molar-refractivity contribution is 6.13. The normalized spacial score (nSPS) is 11.5. The highest BCUT2D eigenvalue weighted by Gasteiger charge is 2.20. The predicted molar refractivity (Wildman–Crippen MR) is 235 cm³/mol. The van der Waals surface area contributed by atoms with Crippen LogP contribution in [0.4, 0.5) is 0 Å². The minimum atomic E-state index is 0.589. The van der Waals surface area contributed by atoms with Gasteiger partial charge in [-0.25, -0.2) is 15.0 Å². The molecule has 57 heavy (non-hydrogen) atoms. The van der Waals surface area contributed by atoms with Gasteiger partial charge in [-0.3, -0.25) is 0 Å². The third-order valence-corrected chi connectivity index (χ3v) is 10.9. The van der Waals surface area contributed by atoms with Gasteiger partial charge in [0.15, 0.2) is 17.5 Å². The molecule has 0 fully saturated rings. The van der Waals surface area contributed by atoms with Crippen LogP contribution in [0.25, 0.3) is 111 Å². The molecule has 0 saturated heterocycles. The molecule has 9 aromatic carbocycles. The molecule has 0 aliphatic heterocycles. The lowest BCUT2D eigenvalue weighted by atomic mass is 9.95. The van der Waals surface area contributed by atoms with E-state index < -0.39 is 0 Å². The molecule has 11 rings (SSSR count). The number of rotatable bonds is 6. The third kappa shape index (κ3) is 5.83. The molecule has 0 N–H and O–H groups in total. The molecule has 0 amide bonds. The highest BCUT2D eigenvalue weighted by atomic mass is 16.3. The average Bonchev–Trinajstić information content (AvgIpc) is 3.67. The van der Waals surface area contributed by atoms with E-state index in [-0.39, 0.29) is 0 Å². The minimum Gasteiger partial charge on any atom is -0.456 e. The first kappa shape index (κ1) is 32.7. The molecule has 0 aliphatic rings. The summed E-state index contributed by atoms with van der Waals surface area (Å²) in [7, 11) is 0. The number of hydrogen-bond acceptors (Lipinski definition) is 4. The molecule has 266 valence electrons. The zero-order valence-electron chi connectivity index (χ0n) is 30.8. The number of nitrogens with zero attached hydrogens (tertiary/aromatic N) is 3. The fraction of sp³-hybridized carbons (Fsp3) is 0. The van der Waals surface area contributed by atoms with Gasteiger partial charge in [-0.15, -0.1) is 0 Å². The fourth-order valence-corrected chi connectivity index (χ4v) is 8.14. The van der Waals surface area contributed by atoms with Crippen molar-refractivity contribution >= 4 is 43.5 Å². The van der Waals surface area contributed by atoms with Gasteiger partial charge in [-0.05, 0) is 85.3 Å². The van der Waals surface area contributed by atoms with E-state index in [0.717, 1.165) is 60.9 Å². The zero-order chi connectivity index (χ0) is 37.7. The summed E-state index contributed by atoms with van der Waals surface area (Å²) in [5, 5.41) is 7.01. The molecular formula is C53H33N3O. The number of aromatic nitrogens is 3. The maximum absolute atomic E-state index is 6.51. The smallest absolute Gasteiger partial charge is 0.164 e. The second kappa shape index (κ2) is 13.6. The van der Waals surface area contributed by atoms with E-state index >= 15 is 0 Å². The Balaban J connectivity index is 1.05. The number of benzene rings is 9. The van der Waals surface area contributed by atoms with Crippen LogP contribution in [0.3, 0.4) is 0 Å². The highest BCUT2D eigenvalue weighted by Crippen LogP contribution is 2.40. The molecular weight excluding hydrogens is 695 g/mol. The molecule has 2 heterocycles. The first-order valence-corrected chi connectivity index (χ1v) is 19.2. The molecule has 0 radical (unpaired) electrons. The summed E-state index contributed by atoms with van der Waals surface area (Å²) >= 11 is 0. The van der Waals surface area contributed by atoms with Crippen LogP contribution in [0.2, 0.25) is 0 Å². The van der Waals surface area contributed by atoms with Crippen molar-refractivity contribution in [3.8, 4) is 67.5 Å². The second-order valence-electron chi connectivity index (χ2n) is 14.4. The number of furan rings is 1. The van der Waals surface area contributed by atoms with Crippen molar-refractivity contribution in [3.05, 3.63) is 200 Å². The monoisotopic (exact) mass is 727 g/mol. The van der Waals surface area contributed by atoms with E-state index in [2.05, 4.69) is 146 Å². The van der Waals surface area contributed by atoms with Crippen molar-refractivity contribution in [2.75, 3.05) is 0 Å². The molecule has 11 aromatic rings. The first-order chi connectivity index (χ1) is 28.2. The Bertz CT molecular complexity index is 3300. The topological polar surface area (TPSA) is 51.8 Å². The lowest BCUT2D eigenvalue weighted by Crippen LogP contribution is -2.01. The molecule has 0 atom stereocenters. The lowest BCUT2D eigenvalue weighted by Gasteiger charge is -2.12. The molecule has 0 spiro atoms. The molecule has 0 unspecified atom stereocenters. The Morgan fingerprint density at radius 2 is 0.842 bits per heavy atom. The van der Waals surface area contributed by atoms with Gasteiger partial charge in [0.25, 0.3) is 0 Å². The minimum absolute atomic E-state index is 0.589. The van der Waals surface area contributed by atoms with Gasteiger partial charge in [-0.1, -0.05) is 170 Å². The van der Waals surface area contributed by atoms with Gasteiger partial charge in [0.05, 0.1) is 0 Å². The van der Waals surface area contributed by atoms with Gasteiger partial charge in [-0.2, -0.15) is 0 Å². The first-order valence-electron chi connectivity index (χ1n) is 19.2. The van der Waals surface area contributed by atoms with Crippen LogP contribution in [-0.2, 0) is 0 Å². The Morgan fingerprint density at radius 1 is 0.281 bits per heavy atom. The third-order valence-electron chi connectivity index (χ3n) is 10.9. The summed E-state index contributed by atoms with van der Waals surface area (Å²) in [5.41, 5.74) is 11.1. The SMILES string of the molecule is c1ccc(-c2nc(-c3ccccc3-c3ccccc3)nc(-c3cccc4oc5ccc(-c6cccc(-c7ccc8c(ccc9ccccc98)c7)c6)cc5c34)n2)cc1. The fourth-order valence-electron chi connectivity index (χ4n) is 8.14. The summed E-state index contributed by atoms with van der Waals surface area (Å²) < 4.78 is 6.51. The van der Waals surface area contributed by atoms with Gasteiger partial charge in [0.1, 0.15) is 11.2 Å². The second-order valence-corrected chi connectivity index (χ2v) is 14.4. The van der Waals surface area contributed by atoms with E-state index in [4.69, 9.17) is 19.4 Å². The Kier molecular flexibility index (Phi) is 7.78. The Labute approximate surface area is 329 Å². The standard InChI is InChI=1S/C53H33N3O/c1-3-13-34(14-4-1)43-21-9-10-22-45(43)52-54-51(36-16-5-2-6-17-36)55-53(56-52)46-23-12-24-49-50(46)47-33-40(28-30-48(47)57-49)38-19-11-18-37(31-38)39-27-29-44-41(32-39)26-25-35-15-7-8-20-42(35)44/h1-33H. The van der Waals surface area contributed by atoms with E-state index in [1.807, 2.05) is 54.6 Å². The largest absolute Gasteiger partial charge is 0.456 e. The van der Waals surface area contributed by atoms with E-state index in [1.54, 1.807) is 0 Å². The van der Waals surface area contributed by atoms with E-state index in [0.29, 0.717) is 17.5 Å². The molecule has 2 aromatic heterocycles. The van der Waals surface area contributed by atoms with Crippen LogP contribution in [-0.4, -0.2) is 15.0 Å². The van der Waals surface area contributed by atoms with Crippen molar-refractivity contribution in [3.63, 3.8) is 0 Å². The van der Waals surface area contributed by atoms with Crippen LogP contribution in [0, 0.1) is 0 Å². The predicted octanol–water partition coefficient (Wildman–Crippen LogP) is 14.1. The molecule has 0 aliphatic carbocycles. The van der Waals surface area contributed by atoms with E-state index in [9.17, 15) is 0 Å². The van der Waals surface area contributed by atoms with Crippen LogP contribution in [0.15, 0.2) is 205 Å². The van der Waals surface area contributed by atoms with Crippen molar-refractivity contribution in [1.82, 2.24) is 15.0 Å². The molecule has 0 bridgehead atoms. The average molecular weight is 728 g/mol. The maximum Gasteiger partial charge on any atom is 0.164 e. The van der Waals surface area contributed by atoms with Crippen molar-refractivity contribution in [1.29, 1.82) is 0 Å². The summed E-state index contributed by atoms with van der Waals surface area (Å²) in [5.74, 6) is 1.82. The molecule has 0 saturated carbocycles. The van der Waals surface area contributed by atoms with Gasteiger partial charge in [0.2, 0.25) is 0 Å². The maximum atomic E-state index is 6.51. The van der Waals surface area contributed by atoms with Crippen molar-refractivity contribution in [2.24, 2.45) is 0 Å². The van der Waals surface area contributed by atoms with E-state index in [1.165, 1.54) is 32.7 Å². The number of hydrogen-bond donors (Lipinski definition) is 0. The van der Waals surface area contributed by atoms with Crippen molar-refractivity contribution in [2.45, 2.75) is 0 Å².